The van der Waals surface area contributed by atoms with E-state index < -0.39 is 0 Å². The predicted molar refractivity (Wildman–Crippen MR) is 123 cm³/mol. The third-order valence-corrected chi connectivity index (χ3v) is 5.29. The Hall–Kier alpha value is -0.900. The van der Waals surface area contributed by atoms with Crippen LogP contribution in [0.3, 0.4) is 0 Å². The van der Waals surface area contributed by atoms with Crippen molar-refractivity contribution in [2.45, 2.75) is 71.9 Å². The molecule has 2 N–H and O–H groups in total. The van der Waals surface area contributed by atoms with Crippen LogP contribution >= 0.6 is 24.0 Å². The van der Waals surface area contributed by atoms with E-state index >= 15 is 0 Å². The van der Waals surface area contributed by atoms with Crippen molar-refractivity contribution in [1.82, 2.24) is 30.3 Å². The number of aromatic nitrogens is 3. The number of hydrogen-bond donors (Lipinski definition) is 2. The highest BCUT2D eigenvalue weighted by molar-refractivity contribution is 14.0. The third-order valence-electron chi connectivity index (χ3n) is 5.29. The molecule has 27 heavy (non-hydrogen) atoms. The van der Waals surface area contributed by atoms with Gasteiger partial charge in [0.1, 0.15) is 12.4 Å². The van der Waals surface area contributed by atoms with Crippen LogP contribution in [0.15, 0.2) is 4.99 Å². The molecule has 1 aliphatic heterocycles. The fourth-order valence-electron chi connectivity index (χ4n) is 3.43. The van der Waals surface area contributed by atoms with Crippen molar-refractivity contribution < 1.29 is 0 Å². The van der Waals surface area contributed by atoms with Gasteiger partial charge in [-0.3, -0.25) is 4.90 Å². The molecule has 1 saturated heterocycles. The zero-order valence-corrected chi connectivity index (χ0v) is 19.8. The monoisotopic (exact) mass is 491 g/mol. The molecule has 1 aliphatic rings. The Kier molecular flexibility index (Phi) is 11.9. The van der Waals surface area contributed by atoms with Gasteiger partial charge in [-0.25, -0.2) is 4.99 Å². The molecule has 0 spiro atoms. The predicted octanol–water partition coefficient (Wildman–Crippen LogP) is 2.84. The number of halogens is 1. The molecule has 156 valence electrons. The van der Waals surface area contributed by atoms with E-state index in [2.05, 4.69) is 39.6 Å². The summed E-state index contributed by atoms with van der Waals surface area (Å²) in [5, 5.41) is 15.4. The fourth-order valence-corrected chi connectivity index (χ4v) is 3.43. The molecule has 0 radical (unpaired) electrons. The van der Waals surface area contributed by atoms with E-state index in [0.717, 1.165) is 37.2 Å². The van der Waals surface area contributed by atoms with E-state index in [4.69, 9.17) is 4.99 Å². The number of nitrogens with zero attached hydrogens (tertiary/aromatic N) is 5. The molecule has 1 unspecified atom stereocenters. The molecule has 0 amide bonds. The highest BCUT2D eigenvalue weighted by Crippen LogP contribution is 2.15. The van der Waals surface area contributed by atoms with Gasteiger partial charge in [0.15, 0.2) is 11.8 Å². The van der Waals surface area contributed by atoms with Gasteiger partial charge in [-0.1, -0.05) is 33.1 Å². The van der Waals surface area contributed by atoms with Gasteiger partial charge < -0.3 is 15.2 Å². The molecule has 1 aromatic heterocycles. The van der Waals surface area contributed by atoms with Gasteiger partial charge >= 0.3 is 0 Å². The van der Waals surface area contributed by atoms with Crippen molar-refractivity contribution in [3.8, 4) is 0 Å². The fraction of sp³-hybridized carbons (Fsp3) is 0.842. The summed E-state index contributed by atoms with van der Waals surface area (Å²) in [7, 11) is 1.99. The van der Waals surface area contributed by atoms with Crippen molar-refractivity contribution >= 4 is 29.9 Å². The highest BCUT2D eigenvalue weighted by atomic mass is 127. The first kappa shape index (κ1) is 24.1. The summed E-state index contributed by atoms with van der Waals surface area (Å²) in [6.45, 7) is 11.3. The van der Waals surface area contributed by atoms with Crippen LogP contribution in [-0.4, -0.2) is 57.8 Å². The Bertz CT molecular complexity index is 558. The van der Waals surface area contributed by atoms with Crippen LogP contribution in [0.25, 0.3) is 0 Å². The smallest absolute Gasteiger partial charge is 0.191 e. The Morgan fingerprint density at radius 2 is 2.00 bits per heavy atom. The molecule has 2 rings (SSSR count). The average Bonchev–Trinajstić information content (AvgIpc) is 3.23. The summed E-state index contributed by atoms with van der Waals surface area (Å²) in [4.78, 5) is 7.30. The van der Waals surface area contributed by atoms with Gasteiger partial charge in [-0.05, 0) is 39.3 Å². The number of guanidine groups is 1. The number of rotatable bonds is 10. The topological polar surface area (TPSA) is 70.4 Å². The summed E-state index contributed by atoms with van der Waals surface area (Å²) in [5.74, 6) is 2.71. The number of likely N-dealkylation sites (tertiary alicyclic amines) is 1. The van der Waals surface area contributed by atoms with Crippen LogP contribution in [0.4, 0.5) is 0 Å². The summed E-state index contributed by atoms with van der Waals surface area (Å²) >= 11 is 0. The molecular formula is C19H38IN7. The lowest BCUT2D eigenvalue weighted by Gasteiger charge is -2.24. The van der Waals surface area contributed by atoms with E-state index in [0.29, 0.717) is 12.6 Å². The van der Waals surface area contributed by atoms with Gasteiger partial charge in [0.25, 0.3) is 0 Å². The quantitative estimate of drug-likeness (QED) is 0.228. The largest absolute Gasteiger partial charge is 0.356 e. The van der Waals surface area contributed by atoms with Crippen molar-refractivity contribution in [2.75, 3.05) is 26.2 Å². The molecule has 8 heteroatoms. The van der Waals surface area contributed by atoms with E-state index in [9.17, 15) is 0 Å². The first-order chi connectivity index (χ1) is 12.7. The molecule has 1 fully saturated rings. The summed E-state index contributed by atoms with van der Waals surface area (Å²) in [6.07, 6.45) is 7.59. The molecule has 1 atom stereocenters. The lowest BCUT2D eigenvalue weighted by Crippen LogP contribution is -2.45. The van der Waals surface area contributed by atoms with Crippen LogP contribution in [-0.2, 0) is 13.6 Å². The lowest BCUT2D eigenvalue weighted by molar-refractivity contribution is 0.267. The molecule has 0 aliphatic carbocycles. The van der Waals surface area contributed by atoms with Crippen LogP contribution < -0.4 is 10.6 Å². The molecule has 0 bridgehead atoms. The Labute approximate surface area is 181 Å². The molecule has 0 aromatic carbocycles. The zero-order chi connectivity index (χ0) is 18.8. The molecule has 2 heterocycles. The molecular weight excluding hydrogens is 453 g/mol. The van der Waals surface area contributed by atoms with Crippen LogP contribution in [0.1, 0.15) is 64.0 Å². The third kappa shape index (κ3) is 7.93. The summed E-state index contributed by atoms with van der Waals surface area (Å²) in [6, 6.07) is 0.615. The lowest BCUT2D eigenvalue weighted by atomic mass is 10.2. The number of aliphatic imine (C=N–C) groups is 1. The first-order valence-corrected chi connectivity index (χ1v) is 10.3. The highest BCUT2D eigenvalue weighted by Gasteiger charge is 2.22. The summed E-state index contributed by atoms with van der Waals surface area (Å²) in [5.41, 5.74) is 0. The maximum atomic E-state index is 4.75. The standard InChI is InChI=1S/C19H37N7.HI/c1-5-7-8-9-12-20-19(21-14-17-11-10-13-26(17)6-2)22-15-18-24-23-16(3)25(18)4;/h17H,5-15H2,1-4H3,(H2,20,21,22);1H. The zero-order valence-electron chi connectivity index (χ0n) is 17.5. The maximum absolute atomic E-state index is 4.75. The second kappa shape index (κ2) is 13.3. The minimum absolute atomic E-state index is 0. The molecule has 1 aromatic rings. The van der Waals surface area contributed by atoms with E-state index in [-0.39, 0.29) is 24.0 Å². The number of hydrogen-bond acceptors (Lipinski definition) is 4. The van der Waals surface area contributed by atoms with Crippen molar-refractivity contribution in [3.05, 3.63) is 11.6 Å². The second-order valence-corrected chi connectivity index (χ2v) is 7.18. The van der Waals surface area contributed by atoms with Gasteiger partial charge in [0, 0.05) is 26.2 Å². The SMILES string of the molecule is CCCCCCNC(=NCc1nnc(C)n1C)NCC1CCCN1CC.I. The number of aryl methyl sites for hydroxylation is 1. The van der Waals surface area contributed by atoms with Crippen LogP contribution in [0.2, 0.25) is 0 Å². The number of nitrogens with one attached hydrogen (secondary N) is 2. The van der Waals surface area contributed by atoms with Crippen LogP contribution in [0.5, 0.6) is 0 Å². The Balaban J connectivity index is 0.00000364. The van der Waals surface area contributed by atoms with Gasteiger partial charge in [0.05, 0.1) is 0 Å². The van der Waals surface area contributed by atoms with Gasteiger partial charge in [0.2, 0.25) is 0 Å². The Morgan fingerprint density at radius 1 is 1.19 bits per heavy atom. The molecule has 7 nitrogen and oxygen atoms in total. The number of unbranched alkanes of at least 4 members (excludes halogenated alkanes) is 3. The average molecular weight is 491 g/mol. The minimum Gasteiger partial charge on any atom is -0.356 e. The first-order valence-electron chi connectivity index (χ1n) is 10.3. The molecule has 0 saturated carbocycles. The van der Waals surface area contributed by atoms with E-state index in [1.807, 2.05) is 18.5 Å². The maximum Gasteiger partial charge on any atom is 0.191 e. The van der Waals surface area contributed by atoms with Crippen LogP contribution in [0, 0.1) is 6.92 Å². The summed E-state index contributed by atoms with van der Waals surface area (Å²) < 4.78 is 2.00. The Morgan fingerprint density at radius 3 is 2.67 bits per heavy atom. The second-order valence-electron chi connectivity index (χ2n) is 7.18. The minimum atomic E-state index is 0. The van der Waals surface area contributed by atoms with Gasteiger partial charge in [-0.15, -0.1) is 34.2 Å². The van der Waals surface area contributed by atoms with Crippen molar-refractivity contribution in [3.63, 3.8) is 0 Å². The van der Waals surface area contributed by atoms with Gasteiger partial charge in [-0.2, -0.15) is 0 Å². The van der Waals surface area contributed by atoms with E-state index in [1.54, 1.807) is 0 Å². The van der Waals surface area contributed by atoms with E-state index in [1.165, 1.54) is 45.1 Å². The van der Waals surface area contributed by atoms with Crippen molar-refractivity contribution in [1.29, 1.82) is 0 Å². The normalized spacial score (nSPS) is 17.8. The number of likely N-dealkylation sites (N-methyl/N-ethyl adjacent to an activating group) is 1. The van der Waals surface area contributed by atoms with Crippen molar-refractivity contribution in [2.24, 2.45) is 12.0 Å².